The number of methoxy groups -OCH3 is 2. The summed E-state index contributed by atoms with van der Waals surface area (Å²) in [5.41, 5.74) is 1.23. The summed E-state index contributed by atoms with van der Waals surface area (Å²) in [4.78, 5) is 0. The van der Waals surface area contributed by atoms with Gasteiger partial charge in [0.1, 0.15) is 18.1 Å². The molecule has 1 N–H and O–H groups in total. The standard InChI is InChI=1S/C17H21N5O5S/c1-4-28(23,24)18-9-10-27-16-8-7-15-19-20-17(22(15)21-16)13-6-5-12(25-2)11-14(13)26-3/h5-8,11,18H,4,9-10H2,1-3H3. The van der Waals surface area contributed by atoms with E-state index < -0.39 is 10.0 Å². The van der Waals surface area contributed by atoms with Crippen LogP contribution >= 0.6 is 0 Å². The number of hydrogen-bond donors (Lipinski definition) is 1. The molecule has 0 saturated heterocycles. The maximum absolute atomic E-state index is 11.4. The number of sulfonamides is 1. The molecule has 0 radical (unpaired) electrons. The summed E-state index contributed by atoms with van der Waals surface area (Å²) < 4.78 is 43.0. The van der Waals surface area contributed by atoms with Crippen LogP contribution in [0.25, 0.3) is 17.0 Å². The van der Waals surface area contributed by atoms with Gasteiger partial charge in [-0.3, -0.25) is 0 Å². The van der Waals surface area contributed by atoms with Gasteiger partial charge in [0.25, 0.3) is 0 Å². The van der Waals surface area contributed by atoms with E-state index in [4.69, 9.17) is 14.2 Å². The largest absolute Gasteiger partial charge is 0.497 e. The molecule has 10 nitrogen and oxygen atoms in total. The number of benzene rings is 1. The van der Waals surface area contributed by atoms with Crippen molar-refractivity contribution in [1.29, 1.82) is 0 Å². The fourth-order valence-corrected chi connectivity index (χ4v) is 3.05. The number of hydrogen-bond acceptors (Lipinski definition) is 8. The molecule has 3 aromatic rings. The van der Waals surface area contributed by atoms with Crippen molar-refractivity contribution in [3.8, 4) is 28.8 Å². The van der Waals surface area contributed by atoms with Gasteiger partial charge in [-0.05, 0) is 25.1 Å². The summed E-state index contributed by atoms with van der Waals surface area (Å²) in [5.74, 6) is 2.03. The van der Waals surface area contributed by atoms with Gasteiger partial charge in [-0.2, -0.15) is 4.52 Å². The van der Waals surface area contributed by atoms with Gasteiger partial charge in [0.15, 0.2) is 11.5 Å². The molecule has 0 amide bonds. The van der Waals surface area contributed by atoms with Crippen LogP contribution in [-0.2, 0) is 10.0 Å². The fourth-order valence-electron chi connectivity index (χ4n) is 2.46. The van der Waals surface area contributed by atoms with Crippen LogP contribution in [0.1, 0.15) is 6.92 Å². The van der Waals surface area contributed by atoms with Gasteiger partial charge in [-0.25, -0.2) is 13.1 Å². The zero-order valence-electron chi connectivity index (χ0n) is 15.7. The summed E-state index contributed by atoms with van der Waals surface area (Å²) in [7, 11) is -0.123. The Bertz CT molecular complexity index is 1070. The molecule has 0 aliphatic rings. The van der Waals surface area contributed by atoms with Crippen molar-refractivity contribution in [3.05, 3.63) is 30.3 Å². The van der Waals surface area contributed by atoms with Gasteiger partial charge in [0.05, 0.1) is 25.5 Å². The Kier molecular flexibility index (Phi) is 5.95. The normalized spacial score (nSPS) is 11.5. The van der Waals surface area contributed by atoms with Gasteiger partial charge >= 0.3 is 0 Å². The van der Waals surface area contributed by atoms with Crippen molar-refractivity contribution in [2.45, 2.75) is 6.92 Å². The second kappa shape index (κ2) is 8.40. The quantitative estimate of drug-likeness (QED) is 0.525. The Balaban J connectivity index is 1.83. The third-order valence-electron chi connectivity index (χ3n) is 3.94. The number of fused-ring (bicyclic) bond motifs is 1. The fraction of sp³-hybridized carbons (Fsp3) is 0.353. The molecule has 0 spiro atoms. The summed E-state index contributed by atoms with van der Waals surface area (Å²) in [6.07, 6.45) is 0. The Labute approximate surface area is 162 Å². The van der Waals surface area contributed by atoms with Crippen LogP contribution in [0, 0.1) is 0 Å². The molecule has 11 heteroatoms. The SMILES string of the molecule is CCS(=O)(=O)NCCOc1ccc2nnc(-c3ccc(OC)cc3OC)n2n1. The number of nitrogens with one attached hydrogen (secondary N) is 1. The maximum atomic E-state index is 11.4. The zero-order valence-corrected chi connectivity index (χ0v) is 16.6. The first-order valence-electron chi connectivity index (χ1n) is 8.52. The van der Waals surface area contributed by atoms with E-state index in [0.29, 0.717) is 34.4 Å². The van der Waals surface area contributed by atoms with E-state index >= 15 is 0 Å². The van der Waals surface area contributed by atoms with E-state index in [1.54, 1.807) is 45.4 Å². The minimum Gasteiger partial charge on any atom is -0.497 e. The van der Waals surface area contributed by atoms with Gasteiger partial charge < -0.3 is 14.2 Å². The van der Waals surface area contributed by atoms with Crippen LogP contribution in [0.4, 0.5) is 0 Å². The molecule has 0 unspecified atom stereocenters. The number of aromatic nitrogens is 4. The number of nitrogens with zero attached hydrogens (tertiary/aromatic N) is 4. The molecule has 0 saturated carbocycles. The lowest BCUT2D eigenvalue weighted by Gasteiger charge is -2.10. The smallest absolute Gasteiger partial charge is 0.231 e. The summed E-state index contributed by atoms with van der Waals surface area (Å²) in [6, 6.07) is 8.71. The minimum atomic E-state index is -3.26. The highest BCUT2D eigenvalue weighted by atomic mass is 32.2. The molecule has 3 rings (SSSR count). The molecule has 0 fully saturated rings. The molecule has 2 aromatic heterocycles. The minimum absolute atomic E-state index is 0.0188. The van der Waals surface area contributed by atoms with E-state index in [1.807, 2.05) is 6.07 Å². The average Bonchev–Trinajstić information content (AvgIpc) is 3.13. The molecule has 0 aliphatic carbocycles. The Hall–Kier alpha value is -2.92. The van der Waals surface area contributed by atoms with Gasteiger partial charge in [-0.15, -0.1) is 15.3 Å². The molecule has 2 heterocycles. The topological polar surface area (TPSA) is 117 Å². The van der Waals surface area contributed by atoms with Crippen molar-refractivity contribution in [1.82, 2.24) is 24.5 Å². The van der Waals surface area contributed by atoms with Crippen LogP contribution in [0.5, 0.6) is 17.4 Å². The van der Waals surface area contributed by atoms with Crippen molar-refractivity contribution in [2.75, 3.05) is 33.1 Å². The van der Waals surface area contributed by atoms with Crippen LogP contribution < -0.4 is 18.9 Å². The first-order chi connectivity index (χ1) is 13.5. The van der Waals surface area contributed by atoms with Crippen LogP contribution in [0.15, 0.2) is 30.3 Å². The third-order valence-corrected chi connectivity index (χ3v) is 5.35. The highest BCUT2D eigenvalue weighted by Gasteiger charge is 2.16. The molecule has 28 heavy (non-hydrogen) atoms. The molecule has 0 bridgehead atoms. The lowest BCUT2D eigenvalue weighted by molar-refractivity contribution is 0.306. The van der Waals surface area contributed by atoms with Crippen LogP contribution in [0.2, 0.25) is 0 Å². The molecule has 1 aromatic carbocycles. The van der Waals surface area contributed by atoms with Crippen molar-refractivity contribution >= 4 is 15.7 Å². The van der Waals surface area contributed by atoms with E-state index in [1.165, 1.54) is 4.52 Å². The number of rotatable bonds is 9. The molecule has 0 aliphatic heterocycles. The Morgan fingerprint density at radius 2 is 1.93 bits per heavy atom. The summed E-state index contributed by atoms with van der Waals surface area (Å²) >= 11 is 0. The zero-order chi connectivity index (χ0) is 20.1. The van der Waals surface area contributed by atoms with Crippen LogP contribution in [0.3, 0.4) is 0 Å². The highest BCUT2D eigenvalue weighted by Crippen LogP contribution is 2.32. The molecule has 0 atom stereocenters. The van der Waals surface area contributed by atoms with E-state index in [9.17, 15) is 8.42 Å². The summed E-state index contributed by atoms with van der Waals surface area (Å²) in [5, 5.41) is 12.7. The van der Waals surface area contributed by atoms with Gasteiger partial charge in [0.2, 0.25) is 15.9 Å². The van der Waals surface area contributed by atoms with Crippen molar-refractivity contribution in [3.63, 3.8) is 0 Å². The van der Waals surface area contributed by atoms with Crippen LogP contribution in [-0.4, -0.2) is 61.4 Å². The van der Waals surface area contributed by atoms with E-state index in [-0.39, 0.29) is 18.9 Å². The Morgan fingerprint density at radius 1 is 1.11 bits per heavy atom. The molecular formula is C17H21N5O5S. The van der Waals surface area contributed by atoms with Gasteiger partial charge in [0, 0.05) is 18.7 Å². The van der Waals surface area contributed by atoms with Gasteiger partial charge in [-0.1, -0.05) is 0 Å². The lowest BCUT2D eigenvalue weighted by atomic mass is 10.2. The summed E-state index contributed by atoms with van der Waals surface area (Å²) in [6.45, 7) is 1.86. The van der Waals surface area contributed by atoms with Crippen molar-refractivity contribution < 1.29 is 22.6 Å². The van der Waals surface area contributed by atoms with E-state index in [0.717, 1.165) is 0 Å². The monoisotopic (exact) mass is 407 g/mol. The highest BCUT2D eigenvalue weighted by molar-refractivity contribution is 7.89. The molecule has 150 valence electrons. The predicted molar refractivity (Wildman–Crippen MR) is 102 cm³/mol. The third kappa shape index (κ3) is 4.31. The Morgan fingerprint density at radius 3 is 2.64 bits per heavy atom. The number of ether oxygens (including phenoxy) is 3. The maximum Gasteiger partial charge on any atom is 0.231 e. The van der Waals surface area contributed by atoms with E-state index in [2.05, 4.69) is 20.0 Å². The first-order valence-corrected chi connectivity index (χ1v) is 10.2. The average molecular weight is 407 g/mol. The van der Waals surface area contributed by atoms with Crippen molar-refractivity contribution in [2.24, 2.45) is 0 Å². The second-order valence-electron chi connectivity index (χ2n) is 5.68. The lowest BCUT2D eigenvalue weighted by Crippen LogP contribution is -2.29. The first kappa shape index (κ1) is 19.8. The molecular weight excluding hydrogens is 386 g/mol. The second-order valence-corrected chi connectivity index (χ2v) is 7.77. The predicted octanol–water partition coefficient (Wildman–Crippen LogP) is 1.13.